The molecule has 4 heteroatoms. The van der Waals surface area contributed by atoms with Crippen molar-refractivity contribution in [3.8, 4) is 0 Å². The summed E-state index contributed by atoms with van der Waals surface area (Å²) in [6, 6.07) is 0. The van der Waals surface area contributed by atoms with E-state index in [-0.39, 0.29) is 0 Å². The first-order valence-electron chi connectivity index (χ1n) is 8.99. The maximum atomic E-state index is 4.34. The average Bonchev–Trinajstić information content (AvgIpc) is 2.64. The minimum atomic E-state index is 0.436. The van der Waals surface area contributed by atoms with Crippen LogP contribution >= 0.6 is 0 Å². The Balaban J connectivity index is 5.36. The van der Waals surface area contributed by atoms with E-state index in [0.29, 0.717) is 11.7 Å². The molecule has 0 saturated heterocycles. The molecule has 0 aliphatic rings. The normalized spacial score (nSPS) is 13.8. The van der Waals surface area contributed by atoms with Crippen LogP contribution in [0.15, 0.2) is 95.7 Å². The maximum absolute atomic E-state index is 4.34. The van der Waals surface area contributed by atoms with Crippen LogP contribution < -0.4 is 10.6 Å². The first-order valence-corrected chi connectivity index (χ1v) is 8.99. The second kappa shape index (κ2) is 14.8. The van der Waals surface area contributed by atoms with Crippen LogP contribution in [0.5, 0.6) is 0 Å². The van der Waals surface area contributed by atoms with E-state index in [2.05, 4.69) is 61.0 Å². The van der Waals surface area contributed by atoms with Gasteiger partial charge in [0, 0.05) is 12.6 Å². The Morgan fingerprint density at radius 3 is 2.46 bits per heavy atom. The predicted molar refractivity (Wildman–Crippen MR) is 115 cm³/mol. The molecular formula is C22H34N4. The number of nitrogens with one attached hydrogen (secondary N) is 2. The van der Waals surface area contributed by atoms with Gasteiger partial charge in [-0.3, -0.25) is 0 Å². The number of azo groups is 1. The number of hydrogen-bond donors (Lipinski definition) is 2. The number of allylic oxidation sites excluding steroid dienone is 7. The van der Waals surface area contributed by atoms with Crippen molar-refractivity contribution >= 4 is 0 Å². The first-order chi connectivity index (χ1) is 12.5. The zero-order chi connectivity index (χ0) is 19.8. The molecule has 0 radical (unpaired) electrons. The Morgan fingerprint density at radius 1 is 1.15 bits per heavy atom. The Hall–Kier alpha value is -2.46. The van der Waals surface area contributed by atoms with Crippen molar-refractivity contribution in [2.45, 2.75) is 26.7 Å². The second-order valence-electron chi connectivity index (χ2n) is 5.84. The Labute approximate surface area is 159 Å². The van der Waals surface area contributed by atoms with E-state index >= 15 is 0 Å². The van der Waals surface area contributed by atoms with Crippen molar-refractivity contribution in [1.82, 2.24) is 10.6 Å². The van der Waals surface area contributed by atoms with Gasteiger partial charge in [0.1, 0.15) is 5.82 Å². The SMILES string of the molecule is C=CC=C(/C=C\C=C)/C(=C/CC(=C)C(C)CCNCC)N=NC(=C)NC. The Bertz CT molecular complexity index is 591. The van der Waals surface area contributed by atoms with Gasteiger partial charge >= 0.3 is 0 Å². The smallest absolute Gasteiger partial charge is 0.141 e. The van der Waals surface area contributed by atoms with Gasteiger partial charge in [0.15, 0.2) is 0 Å². The summed E-state index contributed by atoms with van der Waals surface area (Å²) in [5.74, 6) is 0.936. The standard InChI is InChI=1S/C22H34N4/c1-8-11-13-21(12-9-2)22(26-25-20(6)23-7)15-14-18(4)19(5)16-17-24-10-3/h8-9,11-13,15,19,23-24H,1-2,4,6,10,14,16-17H2,3,5,7H3/b13-11-,21-12?,22-15-,26-25?. The van der Waals surface area contributed by atoms with Crippen molar-refractivity contribution in [2.24, 2.45) is 16.1 Å². The zero-order valence-electron chi connectivity index (χ0n) is 16.6. The molecule has 0 aromatic rings. The van der Waals surface area contributed by atoms with Gasteiger partial charge in [0.05, 0.1) is 5.70 Å². The van der Waals surface area contributed by atoms with Crippen LogP contribution in [-0.2, 0) is 0 Å². The molecule has 0 amide bonds. The van der Waals surface area contributed by atoms with Crippen molar-refractivity contribution in [3.05, 3.63) is 85.4 Å². The lowest BCUT2D eigenvalue weighted by Crippen LogP contribution is -2.17. The highest BCUT2D eigenvalue weighted by Crippen LogP contribution is 2.21. The van der Waals surface area contributed by atoms with Crippen LogP contribution in [0.4, 0.5) is 0 Å². The van der Waals surface area contributed by atoms with Crippen LogP contribution in [-0.4, -0.2) is 20.1 Å². The first kappa shape index (κ1) is 23.5. The van der Waals surface area contributed by atoms with E-state index in [4.69, 9.17) is 0 Å². The third-order valence-corrected chi connectivity index (χ3v) is 3.83. The zero-order valence-corrected chi connectivity index (χ0v) is 16.6. The molecular weight excluding hydrogens is 320 g/mol. The number of rotatable bonds is 14. The Kier molecular flexibility index (Phi) is 13.4. The second-order valence-corrected chi connectivity index (χ2v) is 5.84. The lowest BCUT2D eigenvalue weighted by atomic mass is 9.95. The van der Waals surface area contributed by atoms with Crippen LogP contribution in [0.2, 0.25) is 0 Å². The van der Waals surface area contributed by atoms with Gasteiger partial charge in [-0.05, 0) is 31.8 Å². The van der Waals surface area contributed by atoms with Crippen molar-refractivity contribution < 1.29 is 0 Å². The summed E-state index contributed by atoms with van der Waals surface area (Å²) in [4.78, 5) is 0. The van der Waals surface area contributed by atoms with Crippen LogP contribution in [0.1, 0.15) is 26.7 Å². The van der Waals surface area contributed by atoms with E-state index in [1.807, 2.05) is 24.3 Å². The summed E-state index contributed by atoms with van der Waals surface area (Å²) in [5, 5.41) is 14.7. The minimum absolute atomic E-state index is 0.436. The molecule has 2 N–H and O–H groups in total. The summed E-state index contributed by atoms with van der Waals surface area (Å²) < 4.78 is 0. The lowest BCUT2D eigenvalue weighted by molar-refractivity contribution is 0.560. The van der Waals surface area contributed by atoms with E-state index in [0.717, 1.165) is 37.2 Å². The molecule has 142 valence electrons. The molecule has 0 spiro atoms. The van der Waals surface area contributed by atoms with E-state index in [9.17, 15) is 0 Å². The predicted octanol–water partition coefficient (Wildman–Crippen LogP) is 5.45. The highest BCUT2D eigenvalue weighted by Gasteiger charge is 2.07. The number of hydrogen-bond acceptors (Lipinski definition) is 4. The van der Waals surface area contributed by atoms with E-state index in [1.54, 1.807) is 19.2 Å². The molecule has 26 heavy (non-hydrogen) atoms. The van der Waals surface area contributed by atoms with Crippen molar-refractivity contribution in [2.75, 3.05) is 20.1 Å². The average molecular weight is 355 g/mol. The lowest BCUT2D eigenvalue weighted by Gasteiger charge is -2.14. The highest BCUT2D eigenvalue weighted by molar-refractivity contribution is 5.42. The molecule has 0 saturated carbocycles. The highest BCUT2D eigenvalue weighted by atomic mass is 15.2. The number of nitrogens with zero attached hydrogens (tertiary/aromatic N) is 2. The summed E-state index contributed by atoms with van der Waals surface area (Å²) >= 11 is 0. The molecule has 0 aromatic carbocycles. The summed E-state index contributed by atoms with van der Waals surface area (Å²) in [6.07, 6.45) is 13.0. The van der Waals surface area contributed by atoms with Gasteiger partial charge < -0.3 is 10.6 Å². The molecule has 0 heterocycles. The maximum Gasteiger partial charge on any atom is 0.141 e. The fourth-order valence-corrected chi connectivity index (χ4v) is 2.03. The molecule has 1 unspecified atom stereocenters. The van der Waals surface area contributed by atoms with Gasteiger partial charge in [0.25, 0.3) is 0 Å². The van der Waals surface area contributed by atoms with Gasteiger partial charge in [-0.15, -0.1) is 10.2 Å². The topological polar surface area (TPSA) is 48.8 Å². The fraction of sp³-hybridized carbons (Fsp3) is 0.364. The largest absolute Gasteiger partial charge is 0.372 e. The molecule has 0 aromatic heterocycles. The molecule has 0 bridgehead atoms. The van der Waals surface area contributed by atoms with Crippen LogP contribution in [0, 0.1) is 5.92 Å². The molecule has 0 aliphatic heterocycles. The fourth-order valence-electron chi connectivity index (χ4n) is 2.03. The Morgan fingerprint density at radius 2 is 1.88 bits per heavy atom. The van der Waals surface area contributed by atoms with E-state index in [1.165, 1.54) is 5.57 Å². The summed E-state index contributed by atoms with van der Waals surface area (Å²) in [5.41, 5.74) is 2.83. The molecule has 0 rings (SSSR count). The third-order valence-electron chi connectivity index (χ3n) is 3.83. The van der Waals surface area contributed by atoms with Crippen molar-refractivity contribution in [3.63, 3.8) is 0 Å². The summed E-state index contributed by atoms with van der Waals surface area (Å²) in [7, 11) is 1.76. The van der Waals surface area contributed by atoms with Crippen molar-refractivity contribution in [1.29, 1.82) is 0 Å². The molecule has 0 fully saturated rings. The van der Waals surface area contributed by atoms with Crippen LogP contribution in [0.25, 0.3) is 0 Å². The molecule has 0 aliphatic carbocycles. The minimum Gasteiger partial charge on any atom is -0.372 e. The van der Waals surface area contributed by atoms with Gasteiger partial charge in [0.2, 0.25) is 0 Å². The van der Waals surface area contributed by atoms with Gasteiger partial charge in [-0.25, -0.2) is 0 Å². The molecule has 1 atom stereocenters. The van der Waals surface area contributed by atoms with Gasteiger partial charge in [-0.2, -0.15) is 0 Å². The van der Waals surface area contributed by atoms with Gasteiger partial charge in [-0.1, -0.05) is 82.2 Å². The summed E-state index contributed by atoms with van der Waals surface area (Å²) in [6.45, 7) is 21.8. The third kappa shape index (κ3) is 10.4. The molecule has 4 nitrogen and oxygen atoms in total. The van der Waals surface area contributed by atoms with Crippen LogP contribution in [0.3, 0.4) is 0 Å². The quantitative estimate of drug-likeness (QED) is 0.189. The van der Waals surface area contributed by atoms with E-state index < -0.39 is 0 Å². The monoisotopic (exact) mass is 354 g/mol.